The van der Waals surface area contributed by atoms with Gasteiger partial charge < -0.3 is 5.73 Å². The lowest BCUT2D eigenvalue weighted by Gasteiger charge is -1.96. The molecule has 0 aromatic carbocycles. The summed E-state index contributed by atoms with van der Waals surface area (Å²) in [6, 6.07) is 0. The molecule has 0 unspecified atom stereocenters. The number of nitrogen functional groups attached to an aromatic ring is 1. The van der Waals surface area contributed by atoms with Crippen LogP contribution in [0.4, 0.5) is 5.82 Å². The molecule has 0 spiro atoms. The monoisotopic (exact) mass is 165 g/mol. The zero-order valence-electron chi connectivity index (χ0n) is 7.67. The smallest absolute Gasteiger partial charge is 0.124 e. The van der Waals surface area contributed by atoms with E-state index < -0.39 is 0 Å². The summed E-state index contributed by atoms with van der Waals surface area (Å²) < 4.78 is 1.80. The van der Waals surface area contributed by atoms with Crippen molar-refractivity contribution in [3.8, 4) is 0 Å². The number of nitrogens with zero attached hydrogens (tertiary/aromatic N) is 2. The first-order valence-corrected chi connectivity index (χ1v) is 4.55. The summed E-state index contributed by atoms with van der Waals surface area (Å²) in [6.45, 7) is 2.14. The van der Waals surface area contributed by atoms with E-state index in [1.807, 2.05) is 7.05 Å². The minimum absolute atomic E-state index is 0.712. The molecule has 66 valence electrons. The zero-order valence-corrected chi connectivity index (χ0v) is 7.67. The van der Waals surface area contributed by atoms with E-state index in [1.165, 1.54) is 24.1 Å². The number of anilines is 1. The van der Waals surface area contributed by atoms with Gasteiger partial charge in [0.15, 0.2) is 0 Å². The Morgan fingerprint density at radius 3 is 2.75 bits per heavy atom. The second kappa shape index (κ2) is 2.51. The molecule has 2 rings (SSSR count). The summed E-state index contributed by atoms with van der Waals surface area (Å²) in [6.07, 6.45) is 3.60. The lowest BCUT2D eigenvalue weighted by Crippen LogP contribution is -1.98. The van der Waals surface area contributed by atoms with Crippen LogP contribution in [0, 0.1) is 0 Å². The van der Waals surface area contributed by atoms with Gasteiger partial charge in [0.25, 0.3) is 0 Å². The number of rotatable bonds is 2. The van der Waals surface area contributed by atoms with Crippen molar-refractivity contribution in [2.75, 3.05) is 5.73 Å². The third kappa shape index (κ3) is 1.00. The van der Waals surface area contributed by atoms with E-state index >= 15 is 0 Å². The number of aryl methyl sites for hydroxylation is 1. The largest absolute Gasteiger partial charge is 0.384 e. The Hall–Kier alpha value is -0.990. The average molecular weight is 165 g/mol. The minimum atomic E-state index is 0.712. The predicted octanol–water partition coefficient (Wildman–Crippen LogP) is 1.44. The number of nitrogens with two attached hydrogens (primary N) is 1. The fourth-order valence-electron chi connectivity index (χ4n) is 1.65. The lowest BCUT2D eigenvalue weighted by atomic mass is 10.1. The second-order valence-corrected chi connectivity index (χ2v) is 3.50. The SMILES string of the molecule is CCc1c(C2CC2)nn(C)c1N. The number of aromatic nitrogens is 2. The van der Waals surface area contributed by atoms with Crippen molar-refractivity contribution in [3.05, 3.63) is 11.3 Å². The molecule has 1 aromatic rings. The van der Waals surface area contributed by atoms with Gasteiger partial charge in [-0.2, -0.15) is 5.10 Å². The zero-order chi connectivity index (χ0) is 8.72. The van der Waals surface area contributed by atoms with E-state index in [0.29, 0.717) is 5.92 Å². The van der Waals surface area contributed by atoms with Gasteiger partial charge in [-0.05, 0) is 19.3 Å². The van der Waals surface area contributed by atoms with Gasteiger partial charge >= 0.3 is 0 Å². The van der Waals surface area contributed by atoms with Crippen LogP contribution in [-0.2, 0) is 13.5 Å². The maximum Gasteiger partial charge on any atom is 0.124 e. The van der Waals surface area contributed by atoms with Gasteiger partial charge in [-0.15, -0.1) is 0 Å². The summed E-state index contributed by atoms with van der Waals surface area (Å²) >= 11 is 0. The van der Waals surface area contributed by atoms with E-state index in [1.54, 1.807) is 4.68 Å². The number of hydrogen-bond donors (Lipinski definition) is 1. The molecule has 2 N–H and O–H groups in total. The van der Waals surface area contributed by atoms with E-state index in [2.05, 4.69) is 12.0 Å². The molecule has 12 heavy (non-hydrogen) atoms. The van der Waals surface area contributed by atoms with Crippen LogP contribution in [0.3, 0.4) is 0 Å². The van der Waals surface area contributed by atoms with Crippen LogP contribution in [0.15, 0.2) is 0 Å². The Morgan fingerprint density at radius 1 is 1.58 bits per heavy atom. The second-order valence-electron chi connectivity index (χ2n) is 3.50. The van der Waals surface area contributed by atoms with Gasteiger partial charge in [-0.1, -0.05) is 6.92 Å². The highest BCUT2D eigenvalue weighted by molar-refractivity contribution is 5.45. The van der Waals surface area contributed by atoms with Crippen molar-refractivity contribution >= 4 is 5.82 Å². The topological polar surface area (TPSA) is 43.8 Å². The molecular weight excluding hydrogens is 150 g/mol. The fourth-order valence-corrected chi connectivity index (χ4v) is 1.65. The molecule has 0 saturated heterocycles. The molecule has 0 radical (unpaired) electrons. The van der Waals surface area contributed by atoms with Crippen LogP contribution >= 0.6 is 0 Å². The van der Waals surface area contributed by atoms with Gasteiger partial charge in [0.1, 0.15) is 5.82 Å². The Morgan fingerprint density at radius 2 is 2.25 bits per heavy atom. The van der Waals surface area contributed by atoms with E-state index in [4.69, 9.17) is 5.73 Å². The first-order valence-electron chi connectivity index (χ1n) is 4.55. The molecule has 3 heteroatoms. The normalized spacial score (nSPS) is 16.8. The standard InChI is InChI=1S/C9H15N3/c1-3-7-8(6-4-5-6)11-12(2)9(7)10/h6H,3-5,10H2,1-2H3. The summed E-state index contributed by atoms with van der Waals surface area (Å²) in [5.74, 6) is 1.56. The molecule has 1 aliphatic carbocycles. The fraction of sp³-hybridized carbons (Fsp3) is 0.667. The van der Waals surface area contributed by atoms with Crippen LogP contribution in [0.5, 0.6) is 0 Å². The van der Waals surface area contributed by atoms with Crippen molar-refractivity contribution in [2.24, 2.45) is 7.05 Å². The third-order valence-electron chi connectivity index (χ3n) is 2.54. The lowest BCUT2D eigenvalue weighted by molar-refractivity contribution is 0.753. The van der Waals surface area contributed by atoms with Gasteiger partial charge in [0.2, 0.25) is 0 Å². The molecule has 1 aromatic heterocycles. The third-order valence-corrected chi connectivity index (χ3v) is 2.54. The first-order chi connectivity index (χ1) is 5.74. The predicted molar refractivity (Wildman–Crippen MR) is 49.0 cm³/mol. The van der Waals surface area contributed by atoms with E-state index in [-0.39, 0.29) is 0 Å². The first kappa shape index (κ1) is 7.65. The quantitative estimate of drug-likeness (QED) is 0.720. The molecule has 3 nitrogen and oxygen atoms in total. The van der Waals surface area contributed by atoms with Crippen molar-refractivity contribution in [1.82, 2.24) is 9.78 Å². The Bertz CT molecular complexity index is 297. The number of hydrogen-bond acceptors (Lipinski definition) is 2. The van der Waals surface area contributed by atoms with Gasteiger partial charge in [0.05, 0.1) is 5.69 Å². The van der Waals surface area contributed by atoms with Crippen LogP contribution in [0.2, 0.25) is 0 Å². The molecule has 0 aliphatic heterocycles. The minimum Gasteiger partial charge on any atom is -0.384 e. The molecule has 1 saturated carbocycles. The van der Waals surface area contributed by atoms with Gasteiger partial charge in [-0.3, -0.25) is 4.68 Å². The van der Waals surface area contributed by atoms with Crippen LogP contribution < -0.4 is 5.73 Å². The molecule has 1 aliphatic rings. The summed E-state index contributed by atoms with van der Waals surface area (Å²) in [5.41, 5.74) is 8.39. The van der Waals surface area contributed by atoms with E-state index in [9.17, 15) is 0 Å². The van der Waals surface area contributed by atoms with Crippen LogP contribution in [-0.4, -0.2) is 9.78 Å². The molecule has 0 bridgehead atoms. The molecule has 1 fully saturated rings. The maximum absolute atomic E-state index is 5.88. The van der Waals surface area contributed by atoms with Crippen molar-refractivity contribution < 1.29 is 0 Å². The van der Waals surface area contributed by atoms with E-state index in [0.717, 1.165) is 12.2 Å². The Labute approximate surface area is 72.6 Å². The van der Waals surface area contributed by atoms with Crippen molar-refractivity contribution in [1.29, 1.82) is 0 Å². The summed E-state index contributed by atoms with van der Waals surface area (Å²) in [4.78, 5) is 0. The van der Waals surface area contributed by atoms with Crippen molar-refractivity contribution in [3.63, 3.8) is 0 Å². The highest BCUT2D eigenvalue weighted by Crippen LogP contribution is 2.42. The maximum atomic E-state index is 5.88. The Kier molecular flexibility index (Phi) is 1.60. The molecule has 1 heterocycles. The molecule has 0 amide bonds. The highest BCUT2D eigenvalue weighted by Gasteiger charge is 2.29. The van der Waals surface area contributed by atoms with Crippen LogP contribution in [0.1, 0.15) is 36.9 Å². The van der Waals surface area contributed by atoms with Gasteiger partial charge in [0, 0.05) is 18.5 Å². The highest BCUT2D eigenvalue weighted by atomic mass is 15.3. The van der Waals surface area contributed by atoms with Crippen LogP contribution in [0.25, 0.3) is 0 Å². The van der Waals surface area contributed by atoms with Gasteiger partial charge in [-0.25, -0.2) is 0 Å². The molecular formula is C9H15N3. The average Bonchev–Trinajstić information content (AvgIpc) is 2.82. The Balaban J connectivity index is 2.44. The molecule has 0 atom stereocenters. The summed E-state index contributed by atoms with van der Waals surface area (Å²) in [7, 11) is 1.92. The van der Waals surface area contributed by atoms with Crippen molar-refractivity contribution in [2.45, 2.75) is 32.1 Å². The summed E-state index contributed by atoms with van der Waals surface area (Å²) in [5, 5.41) is 4.43.